The summed E-state index contributed by atoms with van der Waals surface area (Å²) < 4.78 is 0. The molecule has 3 aromatic rings. The first-order chi connectivity index (χ1) is 7.75. The van der Waals surface area contributed by atoms with Crippen molar-refractivity contribution in [2.75, 3.05) is 0 Å². The molecule has 0 radical (unpaired) electrons. The highest BCUT2D eigenvalue weighted by Gasteiger charge is 2.04. The SMILES string of the molecule is Cc1cc(Cl)nc2c1ccc1ccccc12. The molecule has 2 aromatic carbocycles. The molecule has 0 spiro atoms. The lowest BCUT2D eigenvalue weighted by Crippen LogP contribution is -1.86. The number of hydrogen-bond acceptors (Lipinski definition) is 1. The van der Waals surface area contributed by atoms with E-state index in [4.69, 9.17) is 11.6 Å². The van der Waals surface area contributed by atoms with Gasteiger partial charge in [-0.05, 0) is 23.9 Å². The van der Waals surface area contributed by atoms with Crippen molar-refractivity contribution in [1.29, 1.82) is 0 Å². The molecule has 0 aliphatic rings. The van der Waals surface area contributed by atoms with E-state index in [0.717, 1.165) is 10.9 Å². The molecular weight excluding hydrogens is 218 g/mol. The first-order valence-electron chi connectivity index (χ1n) is 5.20. The average Bonchev–Trinajstić information content (AvgIpc) is 2.28. The van der Waals surface area contributed by atoms with Gasteiger partial charge in [-0.25, -0.2) is 4.98 Å². The molecule has 0 bridgehead atoms. The lowest BCUT2D eigenvalue weighted by molar-refractivity contribution is 1.38. The molecule has 0 fully saturated rings. The molecule has 1 aromatic heterocycles. The molecular formula is C14H10ClN. The highest BCUT2D eigenvalue weighted by Crippen LogP contribution is 2.27. The summed E-state index contributed by atoms with van der Waals surface area (Å²) in [7, 11) is 0. The molecule has 0 N–H and O–H groups in total. The Kier molecular flexibility index (Phi) is 2.08. The van der Waals surface area contributed by atoms with Gasteiger partial charge in [0.15, 0.2) is 0 Å². The molecule has 0 saturated heterocycles. The number of rotatable bonds is 0. The molecule has 78 valence electrons. The zero-order chi connectivity index (χ0) is 11.1. The topological polar surface area (TPSA) is 12.9 Å². The molecule has 2 heteroatoms. The number of aromatic nitrogens is 1. The van der Waals surface area contributed by atoms with E-state index in [1.807, 2.05) is 18.2 Å². The summed E-state index contributed by atoms with van der Waals surface area (Å²) in [6.07, 6.45) is 0. The number of pyridine rings is 1. The summed E-state index contributed by atoms with van der Waals surface area (Å²) in [5, 5.41) is 4.08. The van der Waals surface area contributed by atoms with Gasteiger partial charge in [0.05, 0.1) is 5.52 Å². The normalized spacial score (nSPS) is 11.1. The third-order valence-electron chi connectivity index (χ3n) is 2.88. The van der Waals surface area contributed by atoms with E-state index in [2.05, 4.69) is 36.2 Å². The summed E-state index contributed by atoms with van der Waals surface area (Å²) in [6.45, 7) is 2.06. The summed E-state index contributed by atoms with van der Waals surface area (Å²) >= 11 is 6.01. The van der Waals surface area contributed by atoms with Crippen LogP contribution >= 0.6 is 11.6 Å². The Morgan fingerprint density at radius 3 is 2.69 bits per heavy atom. The Balaban J connectivity index is 2.59. The van der Waals surface area contributed by atoms with Crippen LogP contribution in [-0.4, -0.2) is 4.98 Å². The Bertz CT molecular complexity index is 689. The molecule has 3 rings (SSSR count). The van der Waals surface area contributed by atoms with Gasteiger partial charge in [0.2, 0.25) is 0 Å². The van der Waals surface area contributed by atoms with E-state index >= 15 is 0 Å². The molecule has 0 aliphatic heterocycles. The Labute approximate surface area is 98.7 Å². The molecule has 1 heterocycles. The van der Waals surface area contributed by atoms with E-state index in [1.54, 1.807) is 0 Å². The molecule has 0 atom stereocenters. The minimum Gasteiger partial charge on any atom is -0.235 e. The van der Waals surface area contributed by atoms with Crippen LogP contribution in [0.3, 0.4) is 0 Å². The predicted molar refractivity (Wildman–Crippen MR) is 69.0 cm³/mol. The fourth-order valence-electron chi connectivity index (χ4n) is 2.09. The van der Waals surface area contributed by atoms with Crippen molar-refractivity contribution >= 4 is 33.3 Å². The molecule has 0 amide bonds. The lowest BCUT2D eigenvalue weighted by atomic mass is 10.0. The van der Waals surface area contributed by atoms with Crippen LogP contribution in [0.1, 0.15) is 5.56 Å². The quantitative estimate of drug-likeness (QED) is 0.411. The van der Waals surface area contributed by atoms with Crippen molar-refractivity contribution in [1.82, 2.24) is 4.98 Å². The van der Waals surface area contributed by atoms with Gasteiger partial charge < -0.3 is 0 Å². The van der Waals surface area contributed by atoms with Crippen molar-refractivity contribution < 1.29 is 0 Å². The van der Waals surface area contributed by atoms with Crippen molar-refractivity contribution in [2.45, 2.75) is 6.92 Å². The smallest absolute Gasteiger partial charge is 0.130 e. The Morgan fingerprint density at radius 2 is 1.81 bits per heavy atom. The average molecular weight is 228 g/mol. The van der Waals surface area contributed by atoms with E-state index in [9.17, 15) is 0 Å². The number of aryl methyl sites for hydroxylation is 1. The molecule has 0 saturated carbocycles. The van der Waals surface area contributed by atoms with Gasteiger partial charge in [-0.15, -0.1) is 0 Å². The summed E-state index contributed by atoms with van der Waals surface area (Å²) in [5.74, 6) is 0. The third-order valence-corrected chi connectivity index (χ3v) is 3.07. The first-order valence-corrected chi connectivity index (χ1v) is 5.58. The van der Waals surface area contributed by atoms with Crippen LogP contribution < -0.4 is 0 Å². The number of fused-ring (bicyclic) bond motifs is 3. The predicted octanol–water partition coefficient (Wildman–Crippen LogP) is 4.35. The van der Waals surface area contributed by atoms with E-state index < -0.39 is 0 Å². The van der Waals surface area contributed by atoms with Crippen LogP contribution in [0.2, 0.25) is 5.15 Å². The van der Waals surface area contributed by atoms with E-state index in [-0.39, 0.29) is 0 Å². The summed E-state index contributed by atoms with van der Waals surface area (Å²) in [4.78, 5) is 4.43. The molecule has 0 aliphatic carbocycles. The summed E-state index contributed by atoms with van der Waals surface area (Å²) in [6, 6.07) is 14.4. The highest BCUT2D eigenvalue weighted by molar-refractivity contribution is 6.30. The van der Waals surface area contributed by atoms with Crippen molar-refractivity contribution in [2.24, 2.45) is 0 Å². The van der Waals surface area contributed by atoms with Gasteiger partial charge in [-0.3, -0.25) is 0 Å². The number of benzene rings is 2. The van der Waals surface area contributed by atoms with E-state index in [1.165, 1.54) is 16.3 Å². The van der Waals surface area contributed by atoms with Gasteiger partial charge >= 0.3 is 0 Å². The molecule has 1 nitrogen and oxygen atoms in total. The van der Waals surface area contributed by atoms with Crippen LogP contribution in [0.15, 0.2) is 42.5 Å². The monoisotopic (exact) mass is 227 g/mol. The van der Waals surface area contributed by atoms with Crippen molar-refractivity contribution in [3.8, 4) is 0 Å². The zero-order valence-electron chi connectivity index (χ0n) is 8.87. The van der Waals surface area contributed by atoms with Gasteiger partial charge in [-0.2, -0.15) is 0 Å². The van der Waals surface area contributed by atoms with Crippen LogP contribution in [-0.2, 0) is 0 Å². The number of hydrogen-bond donors (Lipinski definition) is 0. The second-order valence-electron chi connectivity index (χ2n) is 3.94. The van der Waals surface area contributed by atoms with Crippen LogP contribution in [0.5, 0.6) is 0 Å². The number of nitrogens with zero attached hydrogens (tertiary/aromatic N) is 1. The fourth-order valence-corrected chi connectivity index (χ4v) is 2.34. The van der Waals surface area contributed by atoms with Crippen molar-refractivity contribution in [3.63, 3.8) is 0 Å². The maximum absolute atomic E-state index is 6.01. The lowest BCUT2D eigenvalue weighted by Gasteiger charge is -2.06. The fraction of sp³-hybridized carbons (Fsp3) is 0.0714. The van der Waals surface area contributed by atoms with Gasteiger partial charge in [0.1, 0.15) is 5.15 Å². The number of halogens is 1. The third kappa shape index (κ3) is 1.36. The maximum atomic E-state index is 6.01. The van der Waals surface area contributed by atoms with E-state index in [0.29, 0.717) is 5.15 Å². The molecule has 16 heavy (non-hydrogen) atoms. The molecule has 0 unspecified atom stereocenters. The van der Waals surface area contributed by atoms with Crippen LogP contribution in [0, 0.1) is 6.92 Å². The van der Waals surface area contributed by atoms with Crippen molar-refractivity contribution in [3.05, 3.63) is 53.2 Å². The maximum Gasteiger partial charge on any atom is 0.130 e. The highest BCUT2D eigenvalue weighted by atomic mass is 35.5. The Morgan fingerprint density at radius 1 is 1.00 bits per heavy atom. The minimum absolute atomic E-state index is 0.557. The second kappa shape index (κ2) is 3.46. The largest absolute Gasteiger partial charge is 0.235 e. The summed E-state index contributed by atoms with van der Waals surface area (Å²) in [5.41, 5.74) is 2.16. The van der Waals surface area contributed by atoms with Crippen LogP contribution in [0.25, 0.3) is 21.7 Å². The van der Waals surface area contributed by atoms with Gasteiger partial charge in [0, 0.05) is 10.8 Å². The zero-order valence-corrected chi connectivity index (χ0v) is 9.62. The standard InChI is InChI=1S/C14H10ClN/c1-9-8-13(15)16-14-11(9)7-6-10-4-2-3-5-12(10)14/h2-8H,1H3. The Hall–Kier alpha value is -1.60. The van der Waals surface area contributed by atoms with Crippen LogP contribution in [0.4, 0.5) is 0 Å². The second-order valence-corrected chi connectivity index (χ2v) is 4.33. The first kappa shape index (κ1) is 9.61. The minimum atomic E-state index is 0.557. The van der Waals surface area contributed by atoms with Gasteiger partial charge in [0.25, 0.3) is 0 Å². The van der Waals surface area contributed by atoms with Gasteiger partial charge in [-0.1, -0.05) is 48.0 Å².